The fourth-order valence-corrected chi connectivity index (χ4v) is 2.80. The molecule has 1 fully saturated rings. The summed E-state index contributed by atoms with van der Waals surface area (Å²) in [6.07, 6.45) is 4.52. The van der Waals surface area contributed by atoms with Gasteiger partial charge in [0.05, 0.1) is 13.3 Å². The van der Waals surface area contributed by atoms with E-state index in [4.69, 9.17) is 15.0 Å². The van der Waals surface area contributed by atoms with Gasteiger partial charge in [0.15, 0.2) is 5.76 Å². The van der Waals surface area contributed by atoms with Gasteiger partial charge in [-0.15, -0.1) is 0 Å². The Morgan fingerprint density at radius 3 is 2.86 bits per heavy atom. The third-order valence-electron chi connectivity index (χ3n) is 4.05. The molecule has 0 amide bonds. The molecule has 1 aliphatic rings. The molecule has 0 spiro atoms. The minimum atomic E-state index is 0.318. The SMILES string of the molecule is COc1ccccc1Cc1oncc1N1CCC(N)CC1. The van der Waals surface area contributed by atoms with Crippen molar-refractivity contribution in [1.29, 1.82) is 0 Å². The smallest absolute Gasteiger partial charge is 0.164 e. The van der Waals surface area contributed by atoms with Crippen molar-refractivity contribution >= 4 is 5.69 Å². The monoisotopic (exact) mass is 287 g/mol. The molecule has 112 valence electrons. The van der Waals surface area contributed by atoms with Gasteiger partial charge in [0.25, 0.3) is 0 Å². The van der Waals surface area contributed by atoms with Crippen molar-refractivity contribution in [2.24, 2.45) is 5.73 Å². The van der Waals surface area contributed by atoms with Crippen LogP contribution in [0, 0.1) is 0 Å². The van der Waals surface area contributed by atoms with Crippen LogP contribution in [-0.2, 0) is 6.42 Å². The third kappa shape index (κ3) is 3.03. The highest BCUT2D eigenvalue weighted by Crippen LogP contribution is 2.28. The Bertz CT molecular complexity index is 589. The van der Waals surface area contributed by atoms with E-state index in [1.54, 1.807) is 7.11 Å². The maximum absolute atomic E-state index is 5.97. The number of hydrogen-bond donors (Lipinski definition) is 1. The highest BCUT2D eigenvalue weighted by molar-refractivity contribution is 5.51. The van der Waals surface area contributed by atoms with E-state index in [1.807, 2.05) is 24.4 Å². The molecule has 0 atom stereocenters. The minimum Gasteiger partial charge on any atom is -0.496 e. The Kier molecular flexibility index (Phi) is 4.10. The molecule has 0 unspecified atom stereocenters. The van der Waals surface area contributed by atoms with Crippen LogP contribution in [0.3, 0.4) is 0 Å². The molecule has 2 aromatic rings. The molecule has 0 radical (unpaired) electrons. The fourth-order valence-electron chi connectivity index (χ4n) is 2.80. The zero-order chi connectivity index (χ0) is 14.7. The van der Waals surface area contributed by atoms with Gasteiger partial charge < -0.3 is 19.9 Å². The second-order valence-electron chi connectivity index (χ2n) is 5.45. The number of benzene rings is 1. The lowest BCUT2D eigenvalue weighted by molar-refractivity contribution is 0.382. The average molecular weight is 287 g/mol. The first-order chi connectivity index (χ1) is 10.3. The molecule has 0 bridgehead atoms. The number of nitrogens with two attached hydrogens (primary N) is 1. The van der Waals surface area contributed by atoms with Crippen molar-refractivity contribution in [3.05, 3.63) is 41.8 Å². The summed E-state index contributed by atoms with van der Waals surface area (Å²) in [7, 11) is 1.69. The lowest BCUT2D eigenvalue weighted by atomic mass is 10.0. The Labute approximate surface area is 124 Å². The number of piperidine rings is 1. The summed E-state index contributed by atoms with van der Waals surface area (Å²) in [6.45, 7) is 1.92. The number of hydrogen-bond acceptors (Lipinski definition) is 5. The van der Waals surface area contributed by atoms with Gasteiger partial charge >= 0.3 is 0 Å². The first kappa shape index (κ1) is 13.9. The maximum atomic E-state index is 5.97. The van der Waals surface area contributed by atoms with Gasteiger partial charge in [-0.3, -0.25) is 0 Å². The number of aromatic nitrogens is 1. The first-order valence-electron chi connectivity index (χ1n) is 7.34. The van der Waals surface area contributed by atoms with Gasteiger partial charge in [0, 0.05) is 31.1 Å². The second-order valence-corrected chi connectivity index (χ2v) is 5.45. The summed E-state index contributed by atoms with van der Waals surface area (Å²) in [5.41, 5.74) is 8.15. The van der Waals surface area contributed by atoms with E-state index in [0.717, 1.165) is 48.7 Å². The Morgan fingerprint density at radius 2 is 2.10 bits per heavy atom. The van der Waals surface area contributed by atoms with Crippen LogP contribution in [0.2, 0.25) is 0 Å². The molecule has 1 saturated heterocycles. The summed E-state index contributed by atoms with van der Waals surface area (Å²) in [5.74, 6) is 1.76. The molecule has 1 aromatic heterocycles. The molecule has 21 heavy (non-hydrogen) atoms. The summed E-state index contributed by atoms with van der Waals surface area (Å²) in [5, 5.41) is 3.98. The van der Waals surface area contributed by atoms with Gasteiger partial charge in [0.2, 0.25) is 0 Å². The molecule has 3 rings (SSSR count). The van der Waals surface area contributed by atoms with E-state index in [2.05, 4.69) is 16.1 Å². The molecule has 2 N–H and O–H groups in total. The quantitative estimate of drug-likeness (QED) is 0.934. The molecular formula is C16H21N3O2. The zero-order valence-corrected chi connectivity index (χ0v) is 12.3. The summed E-state index contributed by atoms with van der Waals surface area (Å²) < 4.78 is 10.9. The lowest BCUT2D eigenvalue weighted by Crippen LogP contribution is -2.39. The van der Waals surface area contributed by atoms with Crippen molar-refractivity contribution in [3.8, 4) is 5.75 Å². The van der Waals surface area contributed by atoms with Gasteiger partial charge in [-0.05, 0) is 18.9 Å². The molecule has 1 aliphatic heterocycles. The number of ether oxygens (including phenoxy) is 1. The standard InChI is InChI=1S/C16H21N3O2/c1-20-15-5-3-2-4-12(15)10-16-14(11-18-21-16)19-8-6-13(17)7-9-19/h2-5,11,13H,6-10,17H2,1H3. The number of methoxy groups -OCH3 is 1. The largest absolute Gasteiger partial charge is 0.496 e. The fraction of sp³-hybridized carbons (Fsp3) is 0.438. The topological polar surface area (TPSA) is 64.5 Å². The molecule has 5 nitrogen and oxygen atoms in total. The van der Waals surface area contributed by atoms with E-state index >= 15 is 0 Å². The summed E-state index contributed by atoms with van der Waals surface area (Å²) in [4.78, 5) is 2.31. The van der Waals surface area contributed by atoms with Gasteiger partial charge in [-0.2, -0.15) is 0 Å². The zero-order valence-electron chi connectivity index (χ0n) is 12.3. The number of anilines is 1. The first-order valence-corrected chi connectivity index (χ1v) is 7.34. The van der Waals surface area contributed by atoms with Crippen LogP contribution in [0.4, 0.5) is 5.69 Å². The normalized spacial score (nSPS) is 16.2. The van der Waals surface area contributed by atoms with Crippen LogP contribution in [0.1, 0.15) is 24.2 Å². The Morgan fingerprint density at radius 1 is 1.33 bits per heavy atom. The van der Waals surface area contributed by atoms with Gasteiger partial charge in [-0.25, -0.2) is 0 Å². The van der Waals surface area contributed by atoms with Crippen LogP contribution in [0.15, 0.2) is 35.0 Å². The van der Waals surface area contributed by atoms with Gasteiger partial charge in [-0.1, -0.05) is 23.4 Å². The van der Waals surface area contributed by atoms with Crippen LogP contribution < -0.4 is 15.4 Å². The highest BCUT2D eigenvalue weighted by Gasteiger charge is 2.21. The van der Waals surface area contributed by atoms with Crippen LogP contribution >= 0.6 is 0 Å². The van der Waals surface area contributed by atoms with Crippen LogP contribution in [0.5, 0.6) is 5.75 Å². The lowest BCUT2D eigenvalue weighted by Gasteiger charge is -2.31. The Balaban J connectivity index is 1.79. The van der Waals surface area contributed by atoms with E-state index in [0.29, 0.717) is 12.5 Å². The van der Waals surface area contributed by atoms with Gasteiger partial charge in [0.1, 0.15) is 11.4 Å². The number of para-hydroxylation sites is 1. The number of rotatable bonds is 4. The molecule has 0 saturated carbocycles. The highest BCUT2D eigenvalue weighted by atomic mass is 16.5. The molecule has 2 heterocycles. The maximum Gasteiger partial charge on any atom is 0.164 e. The van der Waals surface area contributed by atoms with E-state index < -0.39 is 0 Å². The molecule has 1 aromatic carbocycles. The summed E-state index contributed by atoms with van der Waals surface area (Å²) in [6, 6.07) is 8.31. The van der Waals surface area contributed by atoms with Crippen molar-refractivity contribution in [2.75, 3.05) is 25.1 Å². The third-order valence-corrected chi connectivity index (χ3v) is 4.05. The van der Waals surface area contributed by atoms with Crippen molar-refractivity contribution in [3.63, 3.8) is 0 Å². The average Bonchev–Trinajstić information content (AvgIpc) is 2.97. The molecular weight excluding hydrogens is 266 g/mol. The number of nitrogens with zero attached hydrogens (tertiary/aromatic N) is 2. The van der Waals surface area contributed by atoms with Crippen molar-refractivity contribution < 1.29 is 9.26 Å². The second kappa shape index (κ2) is 6.18. The Hall–Kier alpha value is -2.01. The summed E-state index contributed by atoms with van der Waals surface area (Å²) >= 11 is 0. The van der Waals surface area contributed by atoms with Crippen LogP contribution in [-0.4, -0.2) is 31.4 Å². The minimum absolute atomic E-state index is 0.318. The van der Waals surface area contributed by atoms with Crippen molar-refractivity contribution in [2.45, 2.75) is 25.3 Å². The van der Waals surface area contributed by atoms with Crippen molar-refractivity contribution in [1.82, 2.24) is 5.16 Å². The van der Waals surface area contributed by atoms with E-state index in [9.17, 15) is 0 Å². The molecule has 5 heteroatoms. The van der Waals surface area contributed by atoms with E-state index in [-0.39, 0.29) is 0 Å². The predicted molar refractivity (Wildman–Crippen MR) is 81.7 cm³/mol. The molecule has 0 aliphatic carbocycles. The van der Waals surface area contributed by atoms with Crippen LogP contribution in [0.25, 0.3) is 0 Å². The predicted octanol–water partition coefficient (Wildman–Crippen LogP) is 2.20. The van der Waals surface area contributed by atoms with E-state index in [1.165, 1.54) is 0 Å².